The molecule has 4 nitrogen and oxygen atoms in total. The minimum absolute atomic E-state index is 0.113. The second kappa shape index (κ2) is 10.7. The van der Waals surface area contributed by atoms with E-state index in [-0.39, 0.29) is 27.2 Å². The maximum Gasteiger partial charge on any atom is 0.418 e. The molecule has 0 unspecified atom stereocenters. The molecule has 0 fully saturated rings. The number of hydrogen-bond acceptors (Lipinski definition) is 4. The molecule has 5 rings (SSSR count). The Morgan fingerprint density at radius 1 is 0.684 bits per heavy atom. The van der Waals surface area contributed by atoms with Gasteiger partial charge in [0.2, 0.25) is 0 Å². The standard InChI is InChI=1S/C17H10F3NO2.C10H5ClF3N/c18-17(19,20)14-3-1-2-13-15(8-9-21-16(13)14)23-12-6-4-11(10-22)5-7-12;11-8-4-5-15-9-6(8)2-1-3-7(9)10(12,13)14/h1-10H;1-5H. The fourth-order valence-electron chi connectivity index (χ4n) is 3.58. The molecule has 194 valence electrons. The first kappa shape index (κ1) is 26.9. The first-order valence-corrected chi connectivity index (χ1v) is 11.2. The van der Waals surface area contributed by atoms with Gasteiger partial charge in [0.15, 0.2) is 0 Å². The fraction of sp³-hybridized carbons (Fsp3) is 0.0741. The minimum Gasteiger partial charge on any atom is -0.457 e. The fourth-order valence-corrected chi connectivity index (χ4v) is 3.79. The molecule has 0 saturated heterocycles. The van der Waals surface area contributed by atoms with E-state index < -0.39 is 23.5 Å². The molecule has 2 aromatic heterocycles. The van der Waals surface area contributed by atoms with Crippen LogP contribution in [0, 0.1) is 0 Å². The SMILES string of the molecule is FC(F)(F)c1cccc2c(Cl)ccnc12.O=Cc1ccc(Oc2ccnc3c(C(F)(F)F)cccc23)cc1. The third-order valence-corrected chi connectivity index (χ3v) is 5.63. The Morgan fingerprint density at radius 2 is 1.21 bits per heavy atom. The number of nitrogens with zero attached hydrogens (tertiary/aromatic N) is 2. The van der Waals surface area contributed by atoms with Crippen LogP contribution in [0.15, 0.2) is 85.2 Å². The quantitative estimate of drug-likeness (QED) is 0.167. The van der Waals surface area contributed by atoms with E-state index in [0.717, 1.165) is 12.1 Å². The molecule has 5 aromatic rings. The van der Waals surface area contributed by atoms with Gasteiger partial charge >= 0.3 is 12.4 Å². The van der Waals surface area contributed by atoms with Gasteiger partial charge in [0.1, 0.15) is 17.8 Å². The normalized spacial score (nSPS) is 11.7. The summed E-state index contributed by atoms with van der Waals surface area (Å²) in [6, 6.07) is 16.9. The molecule has 0 spiro atoms. The summed E-state index contributed by atoms with van der Waals surface area (Å²) < 4.78 is 82.5. The molecule has 0 radical (unpaired) electrons. The van der Waals surface area contributed by atoms with Gasteiger partial charge in [0.25, 0.3) is 0 Å². The van der Waals surface area contributed by atoms with Crippen molar-refractivity contribution < 1.29 is 35.9 Å². The van der Waals surface area contributed by atoms with Gasteiger partial charge in [-0.05, 0) is 54.6 Å². The van der Waals surface area contributed by atoms with Crippen molar-refractivity contribution in [2.45, 2.75) is 12.4 Å². The summed E-state index contributed by atoms with van der Waals surface area (Å²) >= 11 is 5.77. The van der Waals surface area contributed by atoms with Crippen molar-refractivity contribution in [3.63, 3.8) is 0 Å². The zero-order chi connectivity index (χ0) is 27.5. The van der Waals surface area contributed by atoms with Crippen LogP contribution in [-0.4, -0.2) is 16.3 Å². The summed E-state index contributed by atoms with van der Waals surface area (Å²) in [6.07, 6.45) is -5.66. The topological polar surface area (TPSA) is 52.1 Å². The van der Waals surface area contributed by atoms with Gasteiger partial charge in [-0.25, -0.2) is 0 Å². The van der Waals surface area contributed by atoms with Gasteiger partial charge in [-0.1, -0.05) is 29.8 Å². The molecule has 0 aliphatic carbocycles. The zero-order valence-corrected chi connectivity index (χ0v) is 19.8. The number of hydrogen-bond donors (Lipinski definition) is 0. The van der Waals surface area contributed by atoms with Crippen molar-refractivity contribution in [2.75, 3.05) is 0 Å². The number of para-hydroxylation sites is 2. The van der Waals surface area contributed by atoms with Crippen molar-refractivity contribution >= 4 is 39.7 Å². The number of alkyl halides is 6. The summed E-state index contributed by atoms with van der Waals surface area (Å²) in [5.74, 6) is 0.681. The van der Waals surface area contributed by atoms with Crippen LogP contribution < -0.4 is 4.74 Å². The Hall–Kier alpha value is -4.18. The summed E-state index contributed by atoms with van der Waals surface area (Å²) in [4.78, 5) is 18.2. The van der Waals surface area contributed by atoms with E-state index in [4.69, 9.17) is 16.3 Å². The van der Waals surface area contributed by atoms with Gasteiger partial charge in [-0.15, -0.1) is 0 Å². The molecule has 0 bridgehead atoms. The number of carbonyl (C=O) groups excluding carboxylic acids is 1. The lowest BCUT2D eigenvalue weighted by Crippen LogP contribution is -2.06. The van der Waals surface area contributed by atoms with Crippen molar-refractivity contribution in [3.05, 3.63) is 107 Å². The van der Waals surface area contributed by atoms with E-state index in [9.17, 15) is 31.1 Å². The number of fused-ring (bicyclic) bond motifs is 2. The van der Waals surface area contributed by atoms with Gasteiger partial charge in [-0.3, -0.25) is 14.8 Å². The van der Waals surface area contributed by atoms with E-state index in [2.05, 4.69) is 9.97 Å². The Morgan fingerprint density at radius 3 is 1.76 bits per heavy atom. The second-order valence-corrected chi connectivity index (χ2v) is 8.20. The average Bonchev–Trinajstić information content (AvgIpc) is 2.88. The van der Waals surface area contributed by atoms with Gasteiger partial charge in [0, 0.05) is 28.7 Å². The monoisotopic (exact) mass is 548 g/mol. The minimum atomic E-state index is -4.49. The highest BCUT2D eigenvalue weighted by Gasteiger charge is 2.34. The van der Waals surface area contributed by atoms with Crippen molar-refractivity contribution in [2.24, 2.45) is 0 Å². The van der Waals surface area contributed by atoms with Crippen molar-refractivity contribution in [1.29, 1.82) is 0 Å². The number of halogens is 7. The molecular weight excluding hydrogens is 534 g/mol. The van der Waals surface area contributed by atoms with E-state index in [0.29, 0.717) is 23.0 Å². The Labute approximate surface area is 216 Å². The third kappa shape index (κ3) is 5.86. The number of pyridine rings is 2. The van der Waals surface area contributed by atoms with Gasteiger partial charge in [-0.2, -0.15) is 26.3 Å². The first-order chi connectivity index (χ1) is 18.0. The number of carbonyl (C=O) groups is 1. The number of aromatic nitrogens is 2. The summed E-state index contributed by atoms with van der Waals surface area (Å²) in [6.45, 7) is 0. The molecule has 0 N–H and O–H groups in total. The molecule has 0 atom stereocenters. The number of ether oxygens (including phenoxy) is 1. The van der Waals surface area contributed by atoms with Crippen LogP contribution >= 0.6 is 11.6 Å². The number of rotatable bonds is 3. The largest absolute Gasteiger partial charge is 0.457 e. The van der Waals surface area contributed by atoms with E-state index >= 15 is 0 Å². The Bertz CT molecular complexity index is 1600. The average molecular weight is 549 g/mol. The smallest absolute Gasteiger partial charge is 0.418 e. The lowest BCUT2D eigenvalue weighted by Gasteiger charge is -2.12. The van der Waals surface area contributed by atoms with Crippen LogP contribution in [-0.2, 0) is 12.4 Å². The van der Waals surface area contributed by atoms with E-state index in [1.807, 2.05) is 0 Å². The number of benzene rings is 3. The van der Waals surface area contributed by atoms with Crippen LogP contribution in [0.1, 0.15) is 21.5 Å². The maximum atomic E-state index is 13.0. The van der Waals surface area contributed by atoms with Crippen LogP contribution in [0.3, 0.4) is 0 Å². The molecular formula is C27H15ClF6N2O2. The molecule has 3 aromatic carbocycles. The number of aldehydes is 1. The molecule has 0 aliphatic rings. The molecule has 38 heavy (non-hydrogen) atoms. The highest BCUT2D eigenvalue weighted by molar-refractivity contribution is 6.35. The van der Waals surface area contributed by atoms with Crippen LogP contribution in [0.2, 0.25) is 5.02 Å². The summed E-state index contributed by atoms with van der Waals surface area (Å²) in [5.41, 5.74) is -1.37. The molecule has 0 saturated carbocycles. The molecule has 0 amide bonds. The maximum absolute atomic E-state index is 13.0. The third-order valence-electron chi connectivity index (χ3n) is 5.30. The molecule has 2 heterocycles. The van der Waals surface area contributed by atoms with Crippen molar-refractivity contribution in [1.82, 2.24) is 9.97 Å². The highest BCUT2D eigenvalue weighted by Crippen LogP contribution is 2.38. The van der Waals surface area contributed by atoms with Crippen LogP contribution in [0.5, 0.6) is 11.5 Å². The second-order valence-electron chi connectivity index (χ2n) is 7.79. The lowest BCUT2D eigenvalue weighted by atomic mass is 10.1. The van der Waals surface area contributed by atoms with Gasteiger partial charge in [0.05, 0.1) is 27.2 Å². The van der Waals surface area contributed by atoms with Gasteiger partial charge < -0.3 is 4.74 Å². The molecule has 0 aliphatic heterocycles. The predicted molar refractivity (Wildman–Crippen MR) is 130 cm³/mol. The van der Waals surface area contributed by atoms with Crippen LogP contribution in [0.4, 0.5) is 26.3 Å². The van der Waals surface area contributed by atoms with E-state index in [1.165, 1.54) is 48.8 Å². The predicted octanol–water partition coefficient (Wildman–Crippen LogP) is 8.77. The highest BCUT2D eigenvalue weighted by atomic mass is 35.5. The Balaban J connectivity index is 0.000000194. The van der Waals surface area contributed by atoms with E-state index in [1.54, 1.807) is 24.3 Å². The van der Waals surface area contributed by atoms with Crippen molar-refractivity contribution in [3.8, 4) is 11.5 Å². The zero-order valence-electron chi connectivity index (χ0n) is 19.0. The summed E-state index contributed by atoms with van der Waals surface area (Å²) in [7, 11) is 0. The first-order valence-electron chi connectivity index (χ1n) is 10.8. The molecule has 11 heteroatoms. The Kier molecular flexibility index (Phi) is 7.54. The summed E-state index contributed by atoms with van der Waals surface area (Å²) in [5, 5.41) is 0.849. The van der Waals surface area contributed by atoms with Crippen LogP contribution in [0.25, 0.3) is 21.8 Å². The lowest BCUT2D eigenvalue weighted by molar-refractivity contribution is -0.137.